The molecular weight excluding hydrogens is 288 g/mol. The molecule has 0 radical (unpaired) electrons. The number of rotatable bonds is 4. The molecule has 2 rings (SSSR count). The van der Waals surface area contributed by atoms with Crippen LogP contribution < -0.4 is 10.0 Å². The van der Waals surface area contributed by atoms with E-state index in [1.54, 1.807) is 12.1 Å². The molecule has 1 aromatic rings. The van der Waals surface area contributed by atoms with Crippen LogP contribution in [0.3, 0.4) is 0 Å². The van der Waals surface area contributed by atoms with Gasteiger partial charge in [-0.25, -0.2) is 13.1 Å². The zero-order chi connectivity index (χ0) is 15.5. The van der Waals surface area contributed by atoms with Crippen LogP contribution in [0.5, 0.6) is 0 Å². The molecule has 0 aromatic heterocycles. The molecule has 0 heterocycles. The molecule has 21 heavy (non-hydrogen) atoms. The fraction of sp³-hybridized carbons (Fsp3) is 0.533. The van der Waals surface area contributed by atoms with Gasteiger partial charge < -0.3 is 5.32 Å². The Morgan fingerprint density at radius 3 is 2.43 bits per heavy atom. The summed E-state index contributed by atoms with van der Waals surface area (Å²) in [5, 5.41) is 3.03. The molecule has 1 amide bonds. The van der Waals surface area contributed by atoms with Gasteiger partial charge in [-0.1, -0.05) is 19.8 Å². The lowest BCUT2D eigenvalue weighted by Crippen LogP contribution is -2.37. The number of benzene rings is 1. The van der Waals surface area contributed by atoms with E-state index in [1.807, 2.05) is 0 Å². The van der Waals surface area contributed by atoms with E-state index in [4.69, 9.17) is 0 Å². The Bertz CT molecular complexity index is 596. The van der Waals surface area contributed by atoms with Crippen molar-refractivity contribution < 1.29 is 13.2 Å². The summed E-state index contributed by atoms with van der Waals surface area (Å²) in [6, 6.07) is 6.22. The number of amides is 1. The second-order valence-corrected chi connectivity index (χ2v) is 7.56. The molecule has 6 heteroatoms. The molecule has 116 valence electrons. The molecule has 0 bridgehead atoms. The maximum absolute atomic E-state index is 12.2. The minimum absolute atomic E-state index is 0.137. The van der Waals surface area contributed by atoms with Gasteiger partial charge in [0.2, 0.25) is 10.0 Å². The number of carbonyl (C=O) groups is 1. The highest BCUT2D eigenvalue weighted by atomic mass is 32.2. The molecule has 1 aromatic carbocycles. The summed E-state index contributed by atoms with van der Waals surface area (Å²) in [6.07, 6.45) is 4.40. The number of hydrogen-bond donors (Lipinski definition) is 2. The Kier molecular flexibility index (Phi) is 5.00. The van der Waals surface area contributed by atoms with E-state index in [9.17, 15) is 13.2 Å². The van der Waals surface area contributed by atoms with Crippen molar-refractivity contribution >= 4 is 15.9 Å². The molecule has 1 fully saturated rings. The SMILES string of the molecule is CNS(=O)(=O)c1ccc(C(=O)NC2CCCC(C)C2)cc1. The van der Waals surface area contributed by atoms with Crippen molar-refractivity contribution in [3.8, 4) is 0 Å². The van der Waals surface area contributed by atoms with E-state index in [-0.39, 0.29) is 16.8 Å². The summed E-state index contributed by atoms with van der Waals surface area (Å²) >= 11 is 0. The number of hydrogen-bond acceptors (Lipinski definition) is 3. The van der Waals surface area contributed by atoms with Gasteiger partial charge >= 0.3 is 0 Å². The summed E-state index contributed by atoms with van der Waals surface area (Å²) < 4.78 is 25.5. The topological polar surface area (TPSA) is 75.3 Å². The molecule has 2 atom stereocenters. The smallest absolute Gasteiger partial charge is 0.251 e. The van der Waals surface area contributed by atoms with Gasteiger partial charge in [-0.2, -0.15) is 0 Å². The van der Waals surface area contributed by atoms with Crippen LogP contribution in [0.1, 0.15) is 43.0 Å². The van der Waals surface area contributed by atoms with Crippen LogP contribution in [0.25, 0.3) is 0 Å². The van der Waals surface area contributed by atoms with Crippen LogP contribution in [0.2, 0.25) is 0 Å². The molecule has 1 aliphatic rings. The van der Waals surface area contributed by atoms with Crippen molar-refractivity contribution in [2.24, 2.45) is 5.92 Å². The quantitative estimate of drug-likeness (QED) is 0.892. The van der Waals surface area contributed by atoms with Crippen molar-refractivity contribution in [2.45, 2.75) is 43.5 Å². The number of sulfonamides is 1. The third-order valence-electron chi connectivity index (χ3n) is 3.97. The summed E-state index contributed by atoms with van der Waals surface area (Å²) in [5.74, 6) is 0.509. The largest absolute Gasteiger partial charge is 0.349 e. The van der Waals surface area contributed by atoms with Crippen molar-refractivity contribution in [3.05, 3.63) is 29.8 Å². The van der Waals surface area contributed by atoms with E-state index < -0.39 is 10.0 Å². The van der Waals surface area contributed by atoms with Gasteiger partial charge in [-0.05, 0) is 50.1 Å². The maximum Gasteiger partial charge on any atom is 0.251 e. The lowest BCUT2D eigenvalue weighted by Gasteiger charge is -2.27. The highest BCUT2D eigenvalue weighted by molar-refractivity contribution is 7.89. The van der Waals surface area contributed by atoms with Gasteiger partial charge in [-0.15, -0.1) is 0 Å². The first kappa shape index (κ1) is 16.0. The van der Waals surface area contributed by atoms with Crippen molar-refractivity contribution in [3.63, 3.8) is 0 Å². The molecular formula is C15H22N2O3S. The minimum atomic E-state index is -3.46. The van der Waals surface area contributed by atoms with Gasteiger partial charge in [0, 0.05) is 11.6 Å². The van der Waals surface area contributed by atoms with Gasteiger partial charge in [-0.3, -0.25) is 4.79 Å². The summed E-state index contributed by atoms with van der Waals surface area (Å²) in [7, 11) is -2.10. The molecule has 2 N–H and O–H groups in total. The lowest BCUT2D eigenvalue weighted by atomic mass is 9.87. The summed E-state index contributed by atoms with van der Waals surface area (Å²) in [6.45, 7) is 2.20. The third-order valence-corrected chi connectivity index (χ3v) is 5.40. The van der Waals surface area contributed by atoms with Gasteiger partial charge in [0.1, 0.15) is 0 Å². The van der Waals surface area contributed by atoms with Crippen molar-refractivity contribution in [2.75, 3.05) is 7.05 Å². The molecule has 0 aliphatic heterocycles. The molecule has 1 aliphatic carbocycles. The van der Waals surface area contributed by atoms with E-state index in [0.717, 1.165) is 19.3 Å². The van der Waals surface area contributed by atoms with Gasteiger partial charge in [0.05, 0.1) is 4.90 Å². The van der Waals surface area contributed by atoms with E-state index >= 15 is 0 Å². The average Bonchev–Trinajstić information content (AvgIpc) is 2.47. The average molecular weight is 310 g/mol. The zero-order valence-electron chi connectivity index (χ0n) is 12.4. The Labute approximate surface area is 126 Å². The summed E-state index contributed by atoms with van der Waals surface area (Å²) in [5.41, 5.74) is 0.489. The Balaban J connectivity index is 2.03. The van der Waals surface area contributed by atoms with Gasteiger partial charge in [0.25, 0.3) is 5.91 Å². The molecule has 2 unspecified atom stereocenters. The minimum Gasteiger partial charge on any atom is -0.349 e. The number of nitrogens with one attached hydrogen (secondary N) is 2. The highest BCUT2D eigenvalue weighted by Gasteiger charge is 2.21. The maximum atomic E-state index is 12.2. The lowest BCUT2D eigenvalue weighted by molar-refractivity contribution is 0.0921. The zero-order valence-corrected chi connectivity index (χ0v) is 13.2. The fourth-order valence-electron chi connectivity index (χ4n) is 2.74. The molecule has 1 saturated carbocycles. The predicted octanol–water partition coefficient (Wildman–Crippen LogP) is 1.90. The second-order valence-electron chi connectivity index (χ2n) is 5.67. The van der Waals surface area contributed by atoms with Crippen LogP contribution >= 0.6 is 0 Å². The summed E-state index contributed by atoms with van der Waals surface area (Å²) in [4.78, 5) is 12.3. The van der Waals surface area contributed by atoms with Crippen LogP contribution in [0, 0.1) is 5.92 Å². The van der Waals surface area contributed by atoms with Crippen molar-refractivity contribution in [1.29, 1.82) is 0 Å². The molecule has 5 nitrogen and oxygen atoms in total. The van der Waals surface area contributed by atoms with Gasteiger partial charge in [0.15, 0.2) is 0 Å². The Hall–Kier alpha value is -1.40. The second kappa shape index (κ2) is 6.58. The van der Waals surface area contributed by atoms with Crippen LogP contribution in [-0.2, 0) is 10.0 Å². The monoisotopic (exact) mass is 310 g/mol. The third kappa shape index (κ3) is 4.04. The Morgan fingerprint density at radius 1 is 1.19 bits per heavy atom. The first-order valence-corrected chi connectivity index (χ1v) is 8.75. The highest BCUT2D eigenvalue weighted by Crippen LogP contribution is 2.23. The standard InChI is InChI=1S/C15H22N2O3S/c1-11-4-3-5-13(10-11)17-15(18)12-6-8-14(9-7-12)21(19,20)16-2/h6-9,11,13,16H,3-5,10H2,1-2H3,(H,17,18). The van der Waals surface area contributed by atoms with E-state index in [0.29, 0.717) is 11.5 Å². The molecule has 0 spiro atoms. The van der Waals surface area contributed by atoms with Crippen LogP contribution in [-0.4, -0.2) is 27.4 Å². The van der Waals surface area contributed by atoms with Crippen LogP contribution in [0.15, 0.2) is 29.2 Å². The van der Waals surface area contributed by atoms with Crippen molar-refractivity contribution in [1.82, 2.24) is 10.0 Å². The first-order valence-electron chi connectivity index (χ1n) is 7.27. The van der Waals surface area contributed by atoms with Crippen LogP contribution in [0.4, 0.5) is 0 Å². The fourth-order valence-corrected chi connectivity index (χ4v) is 3.47. The first-order chi connectivity index (χ1) is 9.92. The van der Waals surface area contributed by atoms with E-state index in [2.05, 4.69) is 17.0 Å². The van der Waals surface area contributed by atoms with E-state index in [1.165, 1.54) is 25.6 Å². The normalized spacial score (nSPS) is 22.8. The predicted molar refractivity (Wildman–Crippen MR) is 81.6 cm³/mol. The molecule has 0 saturated heterocycles. The number of carbonyl (C=O) groups excluding carboxylic acids is 1. The Morgan fingerprint density at radius 2 is 1.86 bits per heavy atom.